The second-order valence-electron chi connectivity index (χ2n) is 6.76. The predicted molar refractivity (Wildman–Crippen MR) is 109 cm³/mol. The van der Waals surface area contributed by atoms with Crippen molar-refractivity contribution in [1.29, 1.82) is 0 Å². The number of pyridine rings is 1. The highest BCUT2D eigenvalue weighted by Crippen LogP contribution is 2.28. The highest BCUT2D eigenvalue weighted by Gasteiger charge is 2.15. The number of hydrogen-bond donors (Lipinski definition) is 1. The van der Waals surface area contributed by atoms with Crippen molar-refractivity contribution in [2.45, 2.75) is 6.42 Å². The number of carbonyl (C=O) groups excluding carboxylic acids is 1. The molecule has 4 rings (SSSR count). The SMILES string of the molecule is O=C(NCCCN1CCOCC1)c1cc(-c2cccs2)nc2ccc(F)cc12. The number of halogens is 1. The minimum absolute atomic E-state index is 0.196. The zero-order chi connectivity index (χ0) is 19.3. The first-order valence-electron chi connectivity index (χ1n) is 9.43. The molecule has 7 heteroatoms. The molecular formula is C21H22FN3O2S. The standard InChI is InChI=1S/C21H22FN3O2S/c22-15-4-5-18-16(13-15)17(14-19(24-18)20-3-1-12-28-20)21(26)23-6-2-7-25-8-10-27-11-9-25/h1,3-5,12-14H,2,6-11H2,(H,23,26). The first-order valence-corrected chi connectivity index (χ1v) is 10.3. The molecule has 1 aliphatic rings. The van der Waals surface area contributed by atoms with Gasteiger partial charge in [-0.15, -0.1) is 11.3 Å². The Labute approximate surface area is 167 Å². The van der Waals surface area contributed by atoms with E-state index in [1.165, 1.54) is 12.1 Å². The quantitative estimate of drug-likeness (QED) is 0.644. The fourth-order valence-electron chi connectivity index (χ4n) is 3.36. The van der Waals surface area contributed by atoms with E-state index in [2.05, 4.69) is 15.2 Å². The lowest BCUT2D eigenvalue weighted by molar-refractivity contribution is 0.0374. The van der Waals surface area contributed by atoms with E-state index < -0.39 is 0 Å². The first-order chi connectivity index (χ1) is 13.7. The van der Waals surface area contributed by atoms with Crippen molar-refractivity contribution < 1.29 is 13.9 Å². The molecule has 28 heavy (non-hydrogen) atoms. The van der Waals surface area contributed by atoms with Crippen LogP contribution in [-0.4, -0.2) is 55.2 Å². The van der Waals surface area contributed by atoms with E-state index >= 15 is 0 Å². The molecular weight excluding hydrogens is 377 g/mol. The van der Waals surface area contributed by atoms with Crippen LogP contribution in [0.25, 0.3) is 21.5 Å². The number of benzene rings is 1. The van der Waals surface area contributed by atoms with E-state index in [-0.39, 0.29) is 11.7 Å². The summed E-state index contributed by atoms with van der Waals surface area (Å²) < 4.78 is 19.1. The van der Waals surface area contributed by atoms with Crippen molar-refractivity contribution in [3.63, 3.8) is 0 Å². The monoisotopic (exact) mass is 399 g/mol. The van der Waals surface area contributed by atoms with Crippen molar-refractivity contribution in [3.8, 4) is 10.6 Å². The number of ether oxygens (including phenoxy) is 1. The van der Waals surface area contributed by atoms with Crippen LogP contribution in [0.15, 0.2) is 41.8 Å². The van der Waals surface area contributed by atoms with E-state index in [1.54, 1.807) is 23.5 Å². The van der Waals surface area contributed by atoms with Gasteiger partial charge in [-0.3, -0.25) is 9.69 Å². The van der Waals surface area contributed by atoms with Gasteiger partial charge >= 0.3 is 0 Å². The van der Waals surface area contributed by atoms with Crippen molar-refractivity contribution in [2.75, 3.05) is 39.4 Å². The van der Waals surface area contributed by atoms with Crippen LogP contribution >= 0.6 is 11.3 Å². The van der Waals surface area contributed by atoms with Gasteiger partial charge in [0, 0.05) is 25.0 Å². The Kier molecular flexibility index (Phi) is 5.95. The molecule has 1 fully saturated rings. The molecule has 0 radical (unpaired) electrons. The Balaban J connectivity index is 1.50. The van der Waals surface area contributed by atoms with Crippen molar-refractivity contribution in [1.82, 2.24) is 15.2 Å². The van der Waals surface area contributed by atoms with E-state index in [4.69, 9.17) is 4.74 Å². The van der Waals surface area contributed by atoms with Gasteiger partial charge in [0.1, 0.15) is 5.82 Å². The molecule has 146 valence electrons. The summed E-state index contributed by atoms with van der Waals surface area (Å²) in [6.07, 6.45) is 0.862. The fourth-order valence-corrected chi connectivity index (χ4v) is 4.05. The molecule has 0 atom stereocenters. The van der Waals surface area contributed by atoms with Gasteiger partial charge in [0.25, 0.3) is 5.91 Å². The third-order valence-corrected chi connectivity index (χ3v) is 5.72. The van der Waals surface area contributed by atoms with E-state index in [1.807, 2.05) is 17.5 Å². The molecule has 2 aromatic heterocycles. The molecule has 1 amide bonds. The van der Waals surface area contributed by atoms with Crippen LogP contribution in [0.3, 0.4) is 0 Å². The van der Waals surface area contributed by atoms with Crippen LogP contribution in [-0.2, 0) is 4.74 Å². The van der Waals surface area contributed by atoms with Gasteiger partial charge in [-0.25, -0.2) is 9.37 Å². The number of fused-ring (bicyclic) bond motifs is 1. The van der Waals surface area contributed by atoms with Crippen LogP contribution in [0.2, 0.25) is 0 Å². The Morgan fingerprint density at radius 2 is 2.11 bits per heavy atom. The number of rotatable bonds is 6. The average molecular weight is 399 g/mol. The van der Waals surface area contributed by atoms with Crippen molar-refractivity contribution in [2.24, 2.45) is 0 Å². The van der Waals surface area contributed by atoms with Gasteiger partial charge in [0.15, 0.2) is 0 Å². The molecule has 0 bridgehead atoms. The summed E-state index contributed by atoms with van der Waals surface area (Å²) in [5.74, 6) is -0.572. The minimum atomic E-state index is -0.375. The summed E-state index contributed by atoms with van der Waals surface area (Å²) in [6, 6.07) is 10.0. The van der Waals surface area contributed by atoms with Gasteiger partial charge in [-0.2, -0.15) is 0 Å². The van der Waals surface area contributed by atoms with Gasteiger partial charge in [-0.1, -0.05) is 6.07 Å². The zero-order valence-electron chi connectivity index (χ0n) is 15.5. The molecule has 3 aromatic rings. The molecule has 3 heterocycles. The minimum Gasteiger partial charge on any atom is -0.379 e. The third-order valence-electron chi connectivity index (χ3n) is 4.83. The molecule has 1 saturated heterocycles. The predicted octanol–water partition coefficient (Wildman–Crippen LogP) is 3.55. The van der Waals surface area contributed by atoms with Crippen LogP contribution in [0, 0.1) is 5.82 Å². The Morgan fingerprint density at radius 3 is 2.89 bits per heavy atom. The van der Waals surface area contributed by atoms with Gasteiger partial charge in [0.05, 0.1) is 34.9 Å². The maximum absolute atomic E-state index is 13.8. The molecule has 0 spiro atoms. The molecule has 1 N–H and O–H groups in total. The Morgan fingerprint density at radius 1 is 1.25 bits per heavy atom. The maximum Gasteiger partial charge on any atom is 0.252 e. The number of hydrogen-bond acceptors (Lipinski definition) is 5. The highest BCUT2D eigenvalue weighted by molar-refractivity contribution is 7.13. The zero-order valence-corrected chi connectivity index (χ0v) is 16.3. The lowest BCUT2D eigenvalue weighted by Gasteiger charge is -2.26. The Bertz CT molecular complexity index is 956. The number of aromatic nitrogens is 1. The summed E-state index contributed by atoms with van der Waals surface area (Å²) in [7, 11) is 0. The van der Waals surface area contributed by atoms with Crippen LogP contribution in [0.4, 0.5) is 4.39 Å². The third kappa shape index (κ3) is 4.38. The number of carbonyl (C=O) groups is 1. The number of thiophene rings is 1. The lowest BCUT2D eigenvalue weighted by atomic mass is 10.1. The summed E-state index contributed by atoms with van der Waals surface area (Å²) in [5.41, 5.74) is 1.80. The van der Waals surface area contributed by atoms with Crippen molar-refractivity contribution in [3.05, 3.63) is 53.2 Å². The van der Waals surface area contributed by atoms with Crippen molar-refractivity contribution >= 4 is 28.1 Å². The molecule has 5 nitrogen and oxygen atoms in total. The largest absolute Gasteiger partial charge is 0.379 e. The smallest absolute Gasteiger partial charge is 0.252 e. The van der Waals surface area contributed by atoms with Gasteiger partial charge < -0.3 is 10.1 Å². The number of nitrogens with one attached hydrogen (secondary N) is 1. The van der Waals surface area contributed by atoms with Gasteiger partial charge in [-0.05, 0) is 48.7 Å². The van der Waals surface area contributed by atoms with Crippen LogP contribution in [0.1, 0.15) is 16.8 Å². The molecule has 0 aliphatic carbocycles. The first kappa shape index (κ1) is 19.0. The summed E-state index contributed by atoms with van der Waals surface area (Å²) in [6.45, 7) is 4.91. The Hall–Kier alpha value is -2.35. The number of morpholine rings is 1. The second-order valence-corrected chi connectivity index (χ2v) is 7.70. The molecule has 1 aromatic carbocycles. The van der Waals surface area contributed by atoms with Gasteiger partial charge in [0.2, 0.25) is 0 Å². The molecule has 0 unspecified atom stereocenters. The molecule has 0 saturated carbocycles. The van der Waals surface area contributed by atoms with E-state index in [9.17, 15) is 9.18 Å². The summed E-state index contributed by atoms with van der Waals surface area (Å²) in [4.78, 5) is 20.8. The average Bonchev–Trinajstić information content (AvgIpc) is 3.26. The maximum atomic E-state index is 13.8. The lowest BCUT2D eigenvalue weighted by Crippen LogP contribution is -2.38. The van der Waals surface area contributed by atoms with E-state index in [0.29, 0.717) is 23.0 Å². The molecule has 1 aliphatic heterocycles. The van der Waals surface area contributed by atoms with Crippen LogP contribution < -0.4 is 5.32 Å². The van der Waals surface area contributed by atoms with E-state index in [0.717, 1.165) is 49.8 Å². The summed E-state index contributed by atoms with van der Waals surface area (Å²) in [5, 5.41) is 5.48. The highest BCUT2D eigenvalue weighted by atomic mass is 32.1. The number of nitrogens with zero attached hydrogens (tertiary/aromatic N) is 2. The summed E-state index contributed by atoms with van der Waals surface area (Å²) >= 11 is 1.56. The van der Waals surface area contributed by atoms with Crippen LogP contribution in [0.5, 0.6) is 0 Å². The second kappa shape index (κ2) is 8.77. The topological polar surface area (TPSA) is 54.5 Å². The fraction of sp³-hybridized carbons (Fsp3) is 0.333. The normalized spacial score (nSPS) is 15.0. The number of amides is 1.